The summed E-state index contributed by atoms with van der Waals surface area (Å²) in [6.07, 6.45) is 1.47. The quantitative estimate of drug-likeness (QED) is 0.741. The van der Waals surface area contributed by atoms with E-state index in [-0.39, 0.29) is 17.7 Å². The van der Waals surface area contributed by atoms with E-state index in [9.17, 15) is 9.59 Å². The molecule has 6 heteroatoms. The second kappa shape index (κ2) is 6.92. The summed E-state index contributed by atoms with van der Waals surface area (Å²) in [5.74, 6) is 0.217. The number of nitrogens with zero attached hydrogens (tertiary/aromatic N) is 2. The third-order valence-corrected chi connectivity index (χ3v) is 4.88. The third kappa shape index (κ3) is 3.86. The lowest BCUT2D eigenvalue weighted by Gasteiger charge is -2.32. The summed E-state index contributed by atoms with van der Waals surface area (Å²) >= 11 is 6.81. The molecule has 0 spiro atoms. The van der Waals surface area contributed by atoms with Crippen molar-refractivity contribution in [2.45, 2.75) is 12.8 Å². The van der Waals surface area contributed by atoms with E-state index in [1.807, 2.05) is 23.1 Å². The Bertz CT molecular complexity index is 553. The molecule has 4 nitrogen and oxygen atoms in total. The Morgan fingerprint density at radius 2 is 1.81 bits per heavy atom. The Balaban J connectivity index is 2.02. The van der Waals surface area contributed by atoms with Gasteiger partial charge in [0.25, 0.3) is 5.91 Å². The number of rotatable bonds is 2. The number of hydrogen-bond acceptors (Lipinski definition) is 2. The lowest BCUT2D eigenvalue weighted by molar-refractivity contribution is -0.134. The number of likely N-dealkylation sites (tertiary alicyclic amines) is 1. The predicted octanol–water partition coefficient (Wildman–Crippen LogP) is 3.15. The van der Waals surface area contributed by atoms with Gasteiger partial charge in [-0.05, 0) is 47.0 Å². The normalized spacial score (nSPS) is 15.9. The van der Waals surface area contributed by atoms with Crippen LogP contribution in [0.3, 0.4) is 0 Å². The first kappa shape index (κ1) is 16.5. The number of amides is 2. The van der Waals surface area contributed by atoms with Gasteiger partial charge in [0.2, 0.25) is 5.91 Å². The molecule has 0 aromatic heterocycles. The smallest absolute Gasteiger partial charge is 0.254 e. The largest absolute Gasteiger partial charge is 0.349 e. The number of carbonyl (C=O) groups is 2. The van der Waals surface area contributed by atoms with Crippen LogP contribution in [0, 0.1) is 5.92 Å². The maximum Gasteiger partial charge on any atom is 0.254 e. The van der Waals surface area contributed by atoms with Crippen LogP contribution < -0.4 is 0 Å². The van der Waals surface area contributed by atoms with Crippen molar-refractivity contribution in [1.29, 1.82) is 0 Å². The highest BCUT2D eigenvalue weighted by Gasteiger charge is 2.29. The van der Waals surface area contributed by atoms with E-state index >= 15 is 0 Å². The summed E-state index contributed by atoms with van der Waals surface area (Å²) in [5, 5.41) is 0. The number of benzene rings is 1. The molecule has 1 fully saturated rings. The first-order valence-corrected chi connectivity index (χ1v) is 8.44. The molecule has 0 atom stereocenters. The van der Waals surface area contributed by atoms with Gasteiger partial charge in [-0.1, -0.05) is 15.9 Å². The zero-order valence-corrected chi connectivity index (χ0v) is 15.3. The summed E-state index contributed by atoms with van der Waals surface area (Å²) < 4.78 is 1.72. The van der Waals surface area contributed by atoms with Gasteiger partial charge in [0, 0.05) is 42.0 Å². The molecular weight excluding hydrogens is 400 g/mol. The second-order valence-corrected chi connectivity index (χ2v) is 7.19. The summed E-state index contributed by atoms with van der Waals surface area (Å²) in [6.45, 7) is 1.26. The average Bonchev–Trinajstić information content (AvgIpc) is 2.46. The van der Waals surface area contributed by atoms with Gasteiger partial charge in [0.15, 0.2) is 0 Å². The van der Waals surface area contributed by atoms with E-state index in [4.69, 9.17) is 0 Å². The van der Waals surface area contributed by atoms with Crippen LogP contribution in [0.5, 0.6) is 0 Å². The Hall–Kier alpha value is -0.880. The van der Waals surface area contributed by atoms with Gasteiger partial charge in [0.1, 0.15) is 0 Å². The Morgan fingerprint density at radius 3 is 2.33 bits per heavy atom. The summed E-state index contributed by atoms with van der Waals surface area (Å²) in [4.78, 5) is 27.9. The van der Waals surface area contributed by atoms with Gasteiger partial charge in [-0.2, -0.15) is 0 Å². The van der Waals surface area contributed by atoms with Crippen LogP contribution in [-0.2, 0) is 4.79 Å². The molecule has 2 rings (SSSR count). The molecule has 0 aliphatic carbocycles. The van der Waals surface area contributed by atoms with Crippen LogP contribution in [0.2, 0.25) is 0 Å². The van der Waals surface area contributed by atoms with Crippen molar-refractivity contribution < 1.29 is 9.59 Å². The van der Waals surface area contributed by atoms with Crippen molar-refractivity contribution in [3.8, 4) is 0 Å². The first-order chi connectivity index (χ1) is 9.90. The van der Waals surface area contributed by atoms with E-state index in [0.29, 0.717) is 18.7 Å². The molecule has 1 aromatic carbocycles. The minimum atomic E-state index is 0.0186. The molecule has 114 valence electrons. The minimum Gasteiger partial charge on any atom is -0.349 e. The van der Waals surface area contributed by atoms with Gasteiger partial charge in [0.05, 0.1) is 5.56 Å². The third-order valence-electron chi connectivity index (χ3n) is 3.73. The molecule has 1 aliphatic rings. The fraction of sp³-hybridized carbons (Fsp3) is 0.467. The van der Waals surface area contributed by atoms with E-state index in [1.54, 1.807) is 19.0 Å². The fourth-order valence-corrected chi connectivity index (χ4v) is 3.74. The molecule has 0 N–H and O–H groups in total. The van der Waals surface area contributed by atoms with Crippen molar-refractivity contribution in [3.63, 3.8) is 0 Å². The summed E-state index contributed by atoms with van der Waals surface area (Å²) in [5.41, 5.74) is 0.663. The Labute approximate surface area is 141 Å². The van der Waals surface area contributed by atoms with Gasteiger partial charge < -0.3 is 9.80 Å². The molecule has 1 aromatic rings. The van der Waals surface area contributed by atoms with E-state index < -0.39 is 0 Å². The van der Waals surface area contributed by atoms with Crippen molar-refractivity contribution in [2.24, 2.45) is 5.92 Å². The lowest BCUT2D eigenvalue weighted by atomic mass is 9.95. The Morgan fingerprint density at radius 1 is 1.19 bits per heavy atom. The molecule has 0 saturated carbocycles. The van der Waals surface area contributed by atoms with Crippen molar-refractivity contribution >= 4 is 43.7 Å². The molecule has 1 aliphatic heterocycles. The van der Waals surface area contributed by atoms with E-state index in [2.05, 4.69) is 31.9 Å². The number of hydrogen-bond donors (Lipinski definition) is 0. The van der Waals surface area contributed by atoms with E-state index in [0.717, 1.165) is 21.8 Å². The van der Waals surface area contributed by atoms with E-state index in [1.165, 1.54) is 0 Å². The van der Waals surface area contributed by atoms with Crippen LogP contribution in [0.4, 0.5) is 0 Å². The summed E-state index contributed by atoms with van der Waals surface area (Å²) in [7, 11) is 3.55. The Kier molecular flexibility index (Phi) is 5.43. The SMILES string of the molecule is CN(C)C(=O)C1CCN(C(=O)c2ccc(Br)cc2Br)CC1. The molecule has 0 unspecified atom stereocenters. The number of carbonyl (C=O) groups excluding carboxylic acids is 2. The monoisotopic (exact) mass is 416 g/mol. The van der Waals surface area contributed by atoms with Gasteiger partial charge in [-0.25, -0.2) is 0 Å². The summed E-state index contributed by atoms with van der Waals surface area (Å²) in [6, 6.07) is 5.55. The fourth-order valence-electron chi connectivity index (χ4n) is 2.53. The zero-order valence-electron chi connectivity index (χ0n) is 12.1. The average molecular weight is 418 g/mol. The number of piperidine rings is 1. The second-order valence-electron chi connectivity index (χ2n) is 5.42. The molecule has 1 heterocycles. The first-order valence-electron chi connectivity index (χ1n) is 6.85. The predicted molar refractivity (Wildman–Crippen MR) is 89.2 cm³/mol. The van der Waals surface area contributed by atoms with Crippen LogP contribution in [0.1, 0.15) is 23.2 Å². The maximum atomic E-state index is 12.5. The van der Waals surface area contributed by atoms with Crippen LogP contribution in [0.15, 0.2) is 27.1 Å². The highest BCUT2D eigenvalue weighted by Crippen LogP contribution is 2.26. The zero-order chi connectivity index (χ0) is 15.6. The van der Waals surface area contributed by atoms with Crippen LogP contribution >= 0.6 is 31.9 Å². The van der Waals surface area contributed by atoms with Gasteiger partial charge >= 0.3 is 0 Å². The highest BCUT2D eigenvalue weighted by atomic mass is 79.9. The maximum absolute atomic E-state index is 12.5. The van der Waals surface area contributed by atoms with Crippen molar-refractivity contribution in [2.75, 3.05) is 27.2 Å². The molecule has 0 radical (unpaired) electrons. The van der Waals surface area contributed by atoms with Crippen LogP contribution in [0.25, 0.3) is 0 Å². The highest BCUT2D eigenvalue weighted by molar-refractivity contribution is 9.11. The topological polar surface area (TPSA) is 40.6 Å². The number of halogens is 2. The molecular formula is C15H18Br2N2O2. The van der Waals surface area contributed by atoms with Gasteiger partial charge in [-0.3, -0.25) is 9.59 Å². The van der Waals surface area contributed by atoms with Crippen LogP contribution in [-0.4, -0.2) is 48.8 Å². The molecule has 2 amide bonds. The van der Waals surface area contributed by atoms with Gasteiger partial charge in [-0.15, -0.1) is 0 Å². The molecule has 1 saturated heterocycles. The molecule has 21 heavy (non-hydrogen) atoms. The lowest BCUT2D eigenvalue weighted by Crippen LogP contribution is -2.42. The standard InChI is InChI=1S/C15H18Br2N2O2/c1-18(2)14(20)10-5-7-19(8-6-10)15(21)12-4-3-11(16)9-13(12)17/h3-4,9-10H,5-8H2,1-2H3. The van der Waals surface area contributed by atoms with Crippen molar-refractivity contribution in [3.05, 3.63) is 32.7 Å². The van der Waals surface area contributed by atoms with Crippen molar-refractivity contribution in [1.82, 2.24) is 9.80 Å². The molecule has 0 bridgehead atoms. The minimum absolute atomic E-state index is 0.0186.